The number of hydrogen-bond acceptors (Lipinski definition) is 2. The summed E-state index contributed by atoms with van der Waals surface area (Å²) in [7, 11) is 0. The van der Waals surface area contributed by atoms with Gasteiger partial charge in [0.1, 0.15) is 5.82 Å². The first kappa shape index (κ1) is 13.5. The molecule has 2 rings (SSSR count). The molecule has 1 fully saturated rings. The number of morpholine rings is 1. The molecule has 1 aliphatic rings. The average molecular weight is 316 g/mol. The van der Waals surface area contributed by atoms with E-state index in [9.17, 15) is 9.18 Å². The van der Waals surface area contributed by atoms with E-state index in [1.165, 1.54) is 18.2 Å². The molecule has 3 nitrogen and oxygen atoms in total. The van der Waals surface area contributed by atoms with E-state index in [0.717, 1.165) is 6.42 Å². The van der Waals surface area contributed by atoms with Gasteiger partial charge in [0.05, 0.1) is 17.2 Å². The molecule has 0 N–H and O–H groups in total. The van der Waals surface area contributed by atoms with Crippen molar-refractivity contribution in [2.24, 2.45) is 0 Å². The van der Waals surface area contributed by atoms with Gasteiger partial charge in [-0.3, -0.25) is 4.79 Å². The molecule has 1 aliphatic heterocycles. The van der Waals surface area contributed by atoms with Crippen LogP contribution in [0.2, 0.25) is 0 Å². The van der Waals surface area contributed by atoms with Crippen LogP contribution in [0, 0.1) is 5.82 Å². The number of ether oxygens (including phenoxy) is 1. The van der Waals surface area contributed by atoms with E-state index in [1.54, 1.807) is 4.90 Å². The Morgan fingerprint density at radius 1 is 1.61 bits per heavy atom. The normalized spacial score (nSPS) is 19.9. The predicted molar refractivity (Wildman–Crippen MR) is 70.0 cm³/mol. The molecule has 98 valence electrons. The molecule has 18 heavy (non-hydrogen) atoms. The Hall–Kier alpha value is -0.940. The second-order valence-corrected chi connectivity index (χ2v) is 5.14. The van der Waals surface area contributed by atoms with Gasteiger partial charge in [0.25, 0.3) is 5.91 Å². The molecule has 0 radical (unpaired) electrons. The molecule has 5 heteroatoms. The smallest absolute Gasteiger partial charge is 0.254 e. The highest BCUT2D eigenvalue weighted by atomic mass is 79.9. The summed E-state index contributed by atoms with van der Waals surface area (Å²) < 4.78 is 19.0. The van der Waals surface area contributed by atoms with E-state index in [4.69, 9.17) is 4.74 Å². The number of carbonyl (C=O) groups is 1. The summed E-state index contributed by atoms with van der Waals surface area (Å²) in [5.74, 6) is -0.433. The van der Waals surface area contributed by atoms with Crippen molar-refractivity contribution >= 4 is 21.8 Å². The molecule has 0 aromatic heterocycles. The maximum atomic E-state index is 13.1. The first-order chi connectivity index (χ1) is 8.61. The molecule has 1 atom stereocenters. The third kappa shape index (κ3) is 2.90. The van der Waals surface area contributed by atoms with Crippen molar-refractivity contribution in [2.75, 3.05) is 19.7 Å². The Morgan fingerprint density at radius 2 is 2.39 bits per heavy atom. The second kappa shape index (κ2) is 5.80. The summed E-state index contributed by atoms with van der Waals surface area (Å²) >= 11 is 3.09. The van der Waals surface area contributed by atoms with Crippen molar-refractivity contribution in [2.45, 2.75) is 19.4 Å². The molecule has 0 bridgehead atoms. The summed E-state index contributed by atoms with van der Waals surface area (Å²) in [6, 6.07) is 4.34. The fourth-order valence-corrected chi connectivity index (χ4v) is 2.34. The van der Waals surface area contributed by atoms with E-state index in [2.05, 4.69) is 15.9 Å². The van der Waals surface area contributed by atoms with Gasteiger partial charge in [-0.1, -0.05) is 6.92 Å². The maximum Gasteiger partial charge on any atom is 0.254 e. The Kier molecular flexibility index (Phi) is 4.35. The highest BCUT2D eigenvalue weighted by molar-refractivity contribution is 9.10. The van der Waals surface area contributed by atoms with Crippen LogP contribution < -0.4 is 0 Å². The van der Waals surface area contributed by atoms with Gasteiger partial charge in [-0.15, -0.1) is 0 Å². The van der Waals surface area contributed by atoms with Gasteiger partial charge in [0.2, 0.25) is 0 Å². The van der Waals surface area contributed by atoms with Crippen molar-refractivity contribution in [1.29, 1.82) is 0 Å². The van der Waals surface area contributed by atoms with Crippen molar-refractivity contribution < 1.29 is 13.9 Å². The Balaban J connectivity index is 2.12. The van der Waals surface area contributed by atoms with E-state index >= 15 is 0 Å². The van der Waals surface area contributed by atoms with Gasteiger partial charge in [-0.25, -0.2) is 4.39 Å². The van der Waals surface area contributed by atoms with Gasteiger partial charge in [-0.2, -0.15) is 0 Å². The van der Waals surface area contributed by atoms with Gasteiger partial charge in [-0.05, 0) is 40.5 Å². The number of hydrogen-bond donors (Lipinski definition) is 0. The number of nitrogens with zero attached hydrogens (tertiary/aromatic N) is 1. The number of halogens is 2. The molecule has 0 saturated carbocycles. The van der Waals surface area contributed by atoms with Crippen LogP contribution in [-0.2, 0) is 4.74 Å². The lowest BCUT2D eigenvalue weighted by Gasteiger charge is -2.32. The third-order valence-corrected chi connectivity index (χ3v) is 3.66. The summed E-state index contributed by atoms with van der Waals surface area (Å²) in [5, 5.41) is 0. The quantitative estimate of drug-likeness (QED) is 0.840. The molecule has 1 aromatic rings. The van der Waals surface area contributed by atoms with E-state index in [1.807, 2.05) is 6.92 Å². The van der Waals surface area contributed by atoms with Crippen LogP contribution in [0.3, 0.4) is 0 Å². The highest BCUT2D eigenvalue weighted by Gasteiger charge is 2.24. The van der Waals surface area contributed by atoms with E-state index in [0.29, 0.717) is 29.7 Å². The lowest BCUT2D eigenvalue weighted by molar-refractivity contribution is -0.0226. The summed E-state index contributed by atoms with van der Waals surface area (Å²) in [6.07, 6.45) is 0.989. The van der Waals surface area contributed by atoms with Crippen molar-refractivity contribution in [3.63, 3.8) is 0 Å². The molecule has 0 spiro atoms. The van der Waals surface area contributed by atoms with Crippen LogP contribution in [0.15, 0.2) is 22.7 Å². The minimum absolute atomic E-state index is 0.0718. The van der Waals surface area contributed by atoms with Gasteiger partial charge < -0.3 is 9.64 Å². The molecule has 1 saturated heterocycles. The zero-order chi connectivity index (χ0) is 13.1. The molecule has 1 heterocycles. The van der Waals surface area contributed by atoms with Crippen LogP contribution in [0.4, 0.5) is 4.39 Å². The Bertz CT molecular complexity index is 453. The molecule has 1 aromatic carbocycles. The monoisotopic (exact) mass is 315 g/mol. The lowest BCUT2D eigenvalue weighted by atomic mass is 10.1. The number of amides is 1. The fraction of sp³-hybridized carbons (Fsp3) is 0.462. The summed E-state index contributed by atoms with van der Waals surface area (Å²) in [6.45, 7) is 3.79. The zero-order valence-corrected chi connectivity index (χ0v) is 11.7. The number of carbonyl (C=O) groups excluding carboxylic acids is 1. The van der Waals surface area contributed by atoms with Crippen LogP contribution in [0.5, 0.6) is 0 Å². The second-order valence-electron chi connectivity index (χ2n) is 4.28. The highest BCUT2D eigenvalue weighted by Crippen LogP contribution is 2.19. The molecule has 1 amide bonds. The lowest BCUT2D eigenvalue weighted by Crippen LogP contribution is -2.45. The van der Waals surface area contributed by atoms with Crippen LogP contribution in [-0.4, -0.2) is 36.6 Å². The van der Waals surface area contributed by atoms with Gasteiger partial charge in [0, 0.05) is 18.7 Å². The van der Waals surface area contributed by atoms with Gasteiger partial charge in [0.15, 0.2) is 0 Å². The Labute approximate surface area is 114 Å². The van der Waals surface area contributed by atoms with Crippen LogP contribution in [0.1, 0.15) is 23.7 Å². The maximum absolute atomic E-state index is 13.1. The zero-order valence-electron chi connectivity index (χ0n) is 10.2. The standard InChI is InChI=1S/C13H15BrFNO2/c1-2-10-8-16(5-6-18-10)13(17)9-3-4-12(15)11(14)7-9/h3-4,7,10H,2,5-6,8H2,1H3. The minimum atomic E-state index is -0.361. The van der Waals surface area contributed by atoms with Crippen molar-refractivity contribution in [3.05, 3.63) is 34.1 Å². The number of rotatable bonds is 2. The largest absolute Gasteiger partial charge is 0.375 e. The summed E-state index contributed by atoms with van der Waals surface area (Å²) in [5.41, 5.74) is 0.500. The topological polar surface area (TPSA) is 29.5 Å². The van der Waals surface area contributed by atoms with E-state index in [-0.39, 0.29) is 17.8 Å². The molecule has 0 aliphatic carbocycles. The SMILES string of the molecule is CCC1CN(C(=O)c2ccc(F)c(Br)c2)CCO1. The van der Waals surface area contributed by atoms with Crippen molar-refractivity contribution in [1.82, 2.24) is 4.90 Å². The van der Waals surface area contributed by atoms with E-state index < -0.39 is 0 Å². The van der Waals surface area contributed by atoms with Crippen LogP contribution >= 0.6 is 15.9 Å². The average Bonchev–Trinajstić information content (AvgIpc) is 2.41. The fourth-order valence-electron chi connectivity index (χ4n) is 1.96. The van der Waals surface area contributed by atoms with Crippen molar-refractivity contribution in [3.8, 4) is 0 Å². The molecular formula is C13H15BrFNO2. The number of benzene rings is 1. The molecule has 1 unspecified atom stereocenters. The minimum Gasteiger partial charge on any atom is -0.375 e. The third-order valence-electron chi connectivity index (χ3n) is 3.05. The van der Waals surface area contributed by atoms with Gasteiger partial charge >= 0.3 is 0 Å². The summed E-state index contributed by atoms with van der Waals surface area (Å²) in [4.78, 5) is 14.0. The molecular weight excluding hydrogens is 301 g/mol. The first-order valence-electron chi connectivity index (χ1n) is 5.97. The first-order valence-corrected chi connectivity index (χ1v) is 6.77. The predicted octanol–water partition coefficient (Wildman–Crippen LogP) is 2.84. The Morgan fingerprint density at radius 3 is 3.06 bits per heavy atom. The van der Waals surface area contributed by atoms with Crippen LogP contribution in [0.25, 0.3) is 0 Å².